The van der Waals surface area contributed by atoms with Crippen molar-refractivity contribution in [1.82, 2.24) is 14.5 Å². The van der Waals surface area contributed by atoms with Crippen molar-refractivity contribution in [1.29, 1.82) is 0 Å². The molecule has 6 nitrogen and oxygen atoms in total. The molecule has 0 saturated carbocycles. The van der Waals surface area contributed by atoms with Gasteiger partial charge >= 0.3 is 0 Å². The third-order valence-electron chi connectivity index (χ3n) is 15.5. The van der Waals surface area contributed by atoms with Gasteiger partial charge in [0.2, 0.25) is 0 Å². The van der Waals surface area contributed by atoms with Gasteiger partial charge in [-0.25, -0.2) is 9.97 Å². The van der Waals surface area contributed by atoms with E-state index in [9.17, 15) is 0 Å². The van der Waals surface area contributed by atoms with Crippen molar-refractivity contribution in [2.45, 2.75) is 20.3 Å². The number of anilines is 8. The molecule has 86 heavy (non-hydrogen) atoms. The second-order valence-corrected chi connectivity index (χ2v) is 21.1. The molecule has 13 aromatic rings. The van der Waals surface area contributed by atoms with Crippen molar-refractivity contribution in [3.63, 3.8) is 0 Å². The van der Waals surface area contributed by atoms with E-state index in [1.807, 2.05) is 43.3 Å². The van der Waals surface area contributed by atoms with Crippen LogP contribution in [-0.4, -0.2) is 21.1 Å². The highest BCUT2D eigenvalue weighted by Gasteiger charge is 2.22. The number of aromatic nitrogens is 3. The Morgan fingerprint density at radius 3 is 1.40 bits per heavy atom. The third-order valence-corrected chi connectivity index (χ3v) is 15.5. The molecule has 0 fully saturated rings. The van der Waals surface area contributed by atoms with E-state index >= 15 is 0 Å². The summed E-state index contributed by atoms with van der Waals surface area (Å²) in [5, 5.41) is 1.19. The van der Waals surface area contributed by atoms with Crippen LogP contribution in [-0.2, 0) is 6.42 Å². The first-order valence-electron chi connectivity index (χ1n) is 29.2. The molecule has 2 aromatic heterocycles. The quantitative estimate of drug-likeness (QED) is 0.0850. The van der Waals surface area contributed by atoms with Crippen LogP contribution in [0.2, 0.25) is 0 Å². The monoisotopic (exact) mass is 1110 g/mol. The summed E-state index contributed by atoms with van der Waals surface area (Å²) in [6.45, 7) is 16.5. The Bertz CT molecular complexity index is 4480. The van der Waals surface area contributed by atoms with E-state index in [4.69, 9.17) is 9.97 Å². The van der Waals surface area contributed by atoms with Crippen molar-refractivity contribution < 1.29 is 0 Å². The second kappa shape index (κ2) is 25.6. The van der Waals surface area contributed by atoms with Crippen LogP contribution in [0.15, 0.2) is 323 Å². The Hall–Kier alpha value is -11.1. The number of rotatable bonds is 17. The standard InChI is InChI=1S/C77H60N6.C3H6/c1-4-24-60-52-65(47-49-72(60)80(51-5-2)73-37-22-18-33-67(73)56-25-10-6-11-26-56)82(61-29-14-8-15-30-61)63-43-39-58(40-44-63)76-77(79-71-36-21-20-35-70(71)78-76)59-41-45-64(46-42-59)83(62-31-16-9-17-32-62)66-48-50-75-69(53-66)55(3)54-81(75)74-38-23-19-34-68(74)57-27-12-7-13-28-57;1-3-2/h4-23,25-50,52-54H,1-2,24,51H2,3H3;3H,1H2,2H3. The van der Waals surface area contributed by atoms with Crippen molar-refractivity contribution >= 4 is 67.4 Å². The first-order chi connectivity index (χ1) is 42.4. The molecule has 11 aromatic carbocycles. The molecular weight excluding hydrogens is 1040 g/mol. The van der Waals surface area contributed by atoms with Crippen LogP contribution in [0.25, 0.3) is 72.4 Å². The average molecular weight is 1110 g/mol. The highest BCUT2D eigenvalue weighted by atomic mass is 15.2. The molecule has 0 spiro atoms. The van der Waals surface area contributed by atoms with Gasteiger partial charge in [0, 0.05) is 85.9 Å². The lowest BCUT2D eigenvalue weighted by Crippen LogP contribution is -2.20. The SMILES string of the molecule is C=CC.C=CCc1cc(N(c2ccccc2)c2ccc(-c3nc4ccccc4nc3-c3ccc(N(c4ccccc4)c4ccc5c(c4)c(C)cn5-c4ccccc4-c4ccccc4)cc3)cc2)ccc1N(CC=C)c1ccccc1-c1ccccc1. The zero-order chi connectivity index (χ0) is 58.8. The number of nitrogens with zero attached hydrogens (tertiary/aromatic N) is 6. The molecule has 0 N–H and O–H groups in total. The maximum Gasteiger partial charge on any atom is 0.0973 e. The molecule has 0 aliphatic heterocycles. The van der Waals surface area contributed by atoms with E-state index in [0.717, 1.165) is 107 Å². The van der Waals surface area contributed by atoms with Crippen LogP contribution >= 0.6 is 0 Å². The number of hydrogen-bond donors (Lipinski definition) is 0. The van der Waals surface area contributed by atoms with E-state index in [-0.39, 0.29) is 0 Å². The van der Waals surface area contributed by atoms with E-state index in [1.54, 1.807) is 6.08 Å². The lowest BCUT2D eigenvalue weighted by atomic mass is 10.0. The minimum absolute atomic E-state index is 0.631. The van der Waals surface area contributed by atoms with E-state index in [2.05, 4.69) is 307 Å². The maximum absolute atomic E-state index is 5.36. The molecule has 2 heterocycles. The maximum atomic E-state index is 5.36. The number of hydrogen-bond acceptors (Lipinski definition) is 5. The van der Waals surface area contributed by atoms with Gasteiger partial charge in [-0.1, -0.05) is 188 Å². The molecule has 0 amide bonds. The summed E-state index contributed by atoms with van der Waals surface area (Å²) in [6.07, 6.45) is 8.65. The van der Waals surface area contributed by atoms with Crippen LogP contribution in [0.5, 0.6) is 0 Å². The normalized spacial score (nSPS) is 10.9. The van der Waals surface area contributed by atoms with Gasteiger partial charge in [0.15, 0.2) is 0 Å². The lowest BCUT2D eigenvalue weighted by molar-refractivity contribution is 1.07. The third kappa shape index (κ3) is 11.4. The van der Waals surface area contributed by atoms with Crippen LogP contribution in [0.4, 0.5) is 45.5 Å². The van der Waals surface area contributed by atoms with Crippen molar-refractivity contribution in [3.8, 4) is 50.5 Å². The zero-order valence-electron chi connectivity index (χ0n) is 48.6. The zero-order valence-corrected chi connectivity index (χ0v) is 48.6. The van der Waals surface area contributed by atoms with Crippen LogP contribution in [0.1, 0.15) is 18.1 Å². The van der Waals surface area contributed by atoms with E-state index in [1.165, 1.54) is 22.1 Å². The van der Waals surface area contributed by atoms with Crippen molar-refractivity contribution in [3.05, 3.63) is 334 Å². The largest absolute Gasteiger partial charge is 0.337 e. The Labute approximate surface area is 505 Å². The summed E-state index contributed by atoms with van der Waals surface area (Å²) in [5.41, 5.74) is 23.1. The fraction of sp³-hybridized carbons (Fsp3) is 0.0500. The molecule has 6 heteroatoms. The van der Waals surface area contributed by atoms with Gasteiger partial charge in [-0.2, -0.15) is 0 Å². The molecule has 0 bridgehead atoms. The summed E-state index contributed by atoms with van der Waals surface area (Å²) < 4.78 is 2.33. The Balaban J connectivity index is 0.00000236. The van der Waals surface area contributed by atoms with Crippen molar-refractivity contribution in [2.24, 2.45) is 0 Å². The van der Waals surface area contributed by atoms with Gasteiger partial charge in [-0.05, 0) is 152 Å². The van der Waals surface area contributed by atoms with Gasteiger partial charge in [0.05, 0.1) is 33.6 Å². The summed E-state index contributed by atoms with van der Waals surface area (Å²) in [5.74, 6) is 0. The average Bonchev–Trinajstić information content (AvgIpc) is 2.13. The van der Waals surface area contributed by atoms with Crippen molar-refractivity contribution in [2.75, 3.05) is 21.2 Å². The lowest BCUT2D eigenvalue weighted by Gasteiger charge is -2.31. The predicted molar refractivity (Wildman–Crippen MR) is 366 cm³/mol. The number of para-hydroxylation sites is 6. The fourth-order valence-electron chi connectivity index (χ4n) is 11.6. The highest BCUT2D eigenvalue weighted by Crippen LogP contribution is 2.44. The van der Waals surface area contributed by atoms with Gasteiger partial charge in [-0.3, -0.25) is 0 Å². The van der Waals surface area contributed by atoms with Crippen LogP contribution in [0.3, 0.4) is 0 Å². The van der Waals surface area contributed by atoms with Crippen LogP contribution < -0.4 is 14.7 Å². The second-order valence-electron chi connectivity index (χ2n) is 21.1. The topological polar surface area (TPSA) is 40.4 Å². The minimum Gasteiger partial charge on any atom is -0.337 e. The highest BCUT2D eigenvalue weighted by molar-refractivity contribution is 5.94. The summed E-state index contributed by atoms with van der Waals surface area (Å²) in [4.78, 5) is 17.7. The minimum atomic E-state index is 0.631. The molecule has 0 aliphatic rings. The Morgan fingerprint density at radius 2 is 0.849 bits per heavy atom. The first kappa shape index (κ1) is 55.5. The van der Waals surface area contributed by atoms with Gasteiger partial charge in [-0.15, -0.1) is 19.7 Å². The van der Waals surface area contributed by atoms with Gasteiger partial charge in [0.1, 0.15) is 0 Å². The number of benzene rings is 11. The summed E-state index contributed by atoms with van der Waals surface area (Å²) in [6, 6.07) is 98.9. The summed E-state index contributed by atoms with van der Waals surface area (Å²) >= 11 is 0. The molecule has 0 radical (unpaired) electrons. The summed E-state index contributed by atoms with van der Waals surface area (Å²) in [7, 11) is 0. The molecular formula is C80H66N6. The molecule has 0 atom stereocenters. The fourth-order valence-corrected chi connectivity index (χ4v) is 11.6. The Kier molecular flexibility index (Phi) is 16.5. The Morgan fingerprint density at radius 1 is 0.407 bits per heavy atom. The number of fused-ring (bicyclic) bond motifs is 2. The van der Waals surface area contributed by atoms with Crippen LogP contribution in [0, 0.1) is 6.92 Å². The molecule has 0 saturated heterocycles. The van der Waals surface area contributed by atoms with Gasteiger partial charge in [0.25, 0.3) is 0 Å². The smallest absolute Gasteiger partial charge is 0.0973 e. The molecule has 13 rings (SSSR count). The number of aryl methyl sites for hydroxylation is 1. The number of allylic oxidation sites excluding steroid dienone is 2. The molecule has 0 aliphatic carbocycles. The molecule has 0 unspecified atom stereocenters. The first-order valence-corrected chi connectivity index (χ1v) is 29.2. The predicted octanol–water partition coefficient (Wildman–Crippen LogP) is 21.7. The molecule has 416 valence electrons. The van der Waals surface area contributed by atoms with E-state index < -0.39 is 0 Å². The van der Waals surface area contributed by atoms with E-state index in [0.29, 0.717) is 13.0 Å². The van der Waals surface area contributed by atoms with Gasteiger partial charge < -0.3 is 19.3 Å².